The fourth-order valence-electron chi connectivity index (χ4n) is 2.96. The lowest BCUT2D eigenvalue weighted by molar-refractivity contribution is 0.0512. The SMILES string of the molecule is CCOC(=O)c1c(C)c(C(=O)Nc2ccc(OC)cc2)c(C)n1CC. The van der Waals surface area contributed by atoms with Crippen molar-refractivity contribution in [1.82, 2.24) is 4.57 Å². The Balaban J connectivity index is 2.37. The quantitative estimate of drug-likeness (QED) is 0.814. The molecule has 0 bridgehead atoms. The van der Waals surface area contributed by atoms with E-state index in [-0.39, 0.29) is 5.91 Å². The molecule has 6 nitrogen and oxygen atoms in total. The predicted octanol–water partition coefficient (Wildman–Crippen LogP) is 3.56. The number of hydrogen-bond acceptors (Lipinski definition) is 4. The van der Waals surface area contributed by atoms with E-state index in [1.54, 1.807) is 45.2 Å². The number of esters is 1. The lowest BCUT2D eigenvalue weighted by Crippen LogP contribution is -2.14. The molecule has 0 saturated heterocycles. The second-order valence-electron chi connectivity index (χ2n) is 5.58. The van der Waals surface area contributed by atoms with Crippen molar-refractivity contribution in [1.29, 1.82) is 0 Å². The molecule has 0 unspecified atom stereocenters. The Morgan fingerprint density at radius 1 is 1.12 bits per heavy atom. The molecule has 134 valence electrons. The van der Waals surface area contributed by atoms with Crippen molar-refractivity contribution in [2.45, 2.75) is 34.2 Å². The maximum absolute atomic E-state index is 12.8. The summed E-state index contributed by atoms with van der Waals surface area (Å²) in [6, 6.07) is 7.09. The van der Waals surface area contributed by atoms with Crippen LogP contribution in [-0.4, -0.2) is 30.2 Å². The minimum atomic E-state index is -0.409. The Kier molecular flexibility index (Phi) is 5.85. The molecule has 0 atom stereocenters. The van der Waals surface area contributed by atoms with Crippen LogP contribution in [0.5, 0.6) is 5.75 Å². The number of carbonyl (C=O) groups is 2. The van der Waals surface area contributed by atoms with Gasteiger partial charge in [0.2, 0.25) is 0 Å². The van der Waals surface area contributed by atoms with Gasteiger partial charge in [-0.15, -0.1) is 0 Å². The topological polar surface area (TPSA) is 69.6 Å². The van der Waals surface area contributed by atoms with E-state index in [9.17, 15) is 9.59 Å². The van der Waals surface area contributed by atoms with E-state index in [2.05, 4.69) is 5.32 Å². The third-order valence-corrected chi connectivity index (χ3v) is 4.13. The molecule has 0 radical (unpaired) electrons. The number of benzene rings is 1. The number of nitrogens with one attached hydrogen (secondary N) is 1. The molecule has 2 rings (SSSR count). The van der Waals surface area contributed by atoms with Crippen molar-refractivity contribution in [3.05, 3.63) is 46.8 Å². The monoisotopic (exact) mass is 344 g/mol. The Labute approximate surface area is 147 Å². The first kappa shape index (κ1) is 18.6. The number of ether oxygens (including phenoxy) is 2. The lowest BCUT2D eigenvalue weighted by Gasteiger charge is -2.08. The first-order valence-electron chi connectivity index (χ1n) is 8.26. The van der Waals surface area contributed by atoms with Crippen LogP contribution in [0.25, 0.3) is 0 Å². The number of rotatable bonds is 6. The summed E-state index contributed by atoms with van der Waals surface area (Å²) in [7, 11) is 1.59. The van der Waals surface area contributed by atoms with Crippen LogP contribution in [0, 0.1) is 13.8 Å². The maximum Gasteiger partial charge on any atom is 0.355 e. The molecule has 6 heteroatoms. The molecule has 25 heavy (non-hydrogen) atoms. The van der Waals surface area contributed by atoms with Crippen molar-refractivity contribution >= 4 is 17.6 Å². The van der Waals surface area contributed by atoms with Gasteiger partial charge in [-0.05, 0) is 57.5 Å². The van der Waals surface area contributed by atoms with E-state index in [1.165, 1.54) is 0 Å². The highest BCUT2D eigenvalue weighted by Gasteiger charge is 2.26. The zero-order valence-corrected chi connectivity index (χ0v) is 15.3. The normalized spacial score (nSPS) is 10.4. The van der Waals surface area contributed by atoms with Gasteiger partial charge in [0.15, 0.2) is 0 Å². The molecule has 0 fully saturated rings. The van der Waals surface area contributed by atoms with Gasteiger partial charge in [-0.25, -0.2) is 4.79 Å². The van der Waals surface area contributed by atoms with E-state index < -0.39 is 5.97 Å². The van der Waals surface area contributed by atoms with E-state index in [0.29, 0.717) is 41.4 Å². The Morgan fingerprint density at radius 2 is 1.76 bits per heavy atom. The van der Waals surface area contributed by atoms with Gasteiger partial charge in [0.05, 0.1) is 19.3 Å². The smallest absolute Gasteiger partial charge is 0.355 e. The summed E-state index contributed by atoms with van der Waals surface area (Å²) in [5.41, 5.74) is 2.96. The summed E-state index contributed by atoms with van der Waals surface area (Å²) in [4.78, 5) is 25.0. The van der Waals surface area contributed by atoms with Gasteiger partial charge >= 0.3 is 5.97 Å². The van der Waals surface area contributed by atoms with Gasteiger partial charge < -0.3 is 19.4 Å². The molecule has 1 amide bonds. The first-order valence-corrected chi connectivity index (χ1v) is 8.26. The summed E-state index contributed by atoms with van der Waals surface area (Å²) in [6.45, 7) is 8.17. The van der Waals surface area contributed by atoms with Gasteiger partial charge in [-0.3, -0.25) is 4.79 Å². The molecule has 1 aromatic carbocycles. The van der Waals surface area contributed by atoms with E-state index in [4.69, 9.17) is 9.47 Å². The fraction of sp³-hybridized carbons (Fsp3) is 0.368. The fourth-order valence-corrected chi connectivity index (χ4v) is 2.96. The second kappa shape index (κ2) is 7.88. The van der Waals surface area contributed by atoms with Gasteiger partial charge in [0, 0.05) is 17.9 Å². The number of nitrogens with zero attached hydrogens (tertiary/aromatic N) is 1. The van der Waals surface area contributed by atoms with Gasteiger partial charge in [0.25, 0.3) is 5.91 Å². The van der Waals surface area contributed by atoms with Gasteiger partial charge in [-0.2, -0.15) is 0 Å². The highest BCUT2D eigenvalue weighted by atomic mass is 16.5. The zero-order valence-electron chi connectivity index (χ0n) is 15.3. The molecule has 0 spiro atoms. The molecule has 0 aliphatic rings. The number of hydrogen-bond donors (Lipinski definition) is 1. The number of amides is 1. The van der Waals surface area contributed by atoms with Crippen LogP contribution in [0.4, 0.5) is 5.69 Å². The molecule has 2 aromatic rings. The Morgan fingerprint density at radius 3 is 2.28 bits per heavy atom. The molecular formula is C19H24N2O4. The second-order valence-corrected chi connectivity index (χ2v) is 5.58. The average molecular weight is 344 g/mol. The lowest BCUT2D eigenvalue weighted by atomic mass is 10.1. The van der Waals surface area contributed by atoms with Crippen LogP contribution in [0.3, 0.4) is 0 Å². The largest absolute Gasteiger partial charge is 0.497 e. The van der Waals surface area contributed by atoms with Crippen molar-refractivity contribution in [3.8, 4) is 5.75 Å². The summed E-state index contributed by atoms with van der Waals surface area (Å²) >= 11 is 0. The molecule has 1 aromatic heterocycles. The number of anilines is 1. The summed E-state index contributed by atoms with van der Waals surface area (Å²) in [5, 5.41) is 2.87. The summed E-state index contributed by atoms with van der Waals surface area (Å²) in [6.07, 6.45) is 0. The molecule has 0 aliphatic carbocycles. The summed E-state index contributed by atoms with van der Waals surface area (Å²) < 4.78 is 12.1. The highest BCUT2D eigenvalue weighted by Crippen LogP contribution is 2.25. The number of aromatic nitrogens is 1. The van der Waals surface area contributed by atoms with E-state index in [0.717, 1.165) is 5.69 Å². The van der Waals surface area contributed by atoms with E-state index >= 15 is 0 Å². The van der Waals surface area contributed by atoms with Gasteiger partial charge in [0.1, 0.15) is 11.4 Å². The van der Waals surface area contributed by atoms with Crippen molar-refractivity contribution < 1.29 is 19.1 Å². The highest BCUT2D eigenvalue weighted by molar-refractivity contribution is 6.08. The Bertz CT molecular complexity index is 776. The standard InChI is InChI=1S/C19H24N2O4/c1-6-21-13(4)16(12(3)17(21)19(23)25-7-2)18(22)20-14-8-10-15(24-5)11-9-14/h8-11H,6-7H2,1-5H3,(H,20,22). The van der Waals surface area contributed by atoms with Crippen molar-refractivity contribution in [2.24, 2.45) is 0 Å². The van der Waals surface area contributed by atoms with E-state index in [1.807, 2.05) is 18.4 Å². The summed E-state index contributed by atoms with van der Waals surface area (Å²) in [5.74, 6) is 0.0541. The minimum Gasteiger partial charge on any atom is -0.497 e. The van der Waals surface area contributed by atoms with Crippen LogP contribution < -0.4 is 10.1 Å². The average Bonchev–Trinajstić information content (AvgIpc) is 2.85. The maximum atomic E-state index is 12.8. The van der Waals surface area contributed by atoms with Gasteiger partial charge in [-0.1, -0.05) is 0 Å². The van der Waals surface area contributed by atoms with Crippen LogP contribution >= 0.6 is 0 Å². The minimum absolute atomic E-state index is 0.252. The zero-order chi connectivity index (χ0) is 18.6. The third kappa shape index (κ3) is 3.68. The van der Waals surface area contributed by atoms with Crippen LogP contribution in [0.2, 0.25) is 0 Å². The number of carbonyl (C=O) groups excluding carboxylic acids is 2. The van der Waals surface area contributed by atoms with Crippen LogP contribution in [0.15, 0.2) is 24.3 Å². The molecular weight excluding hydrogens is 320 g/mol. The van der Waals surface area contributed by atoms with Crippen LogP contribution in [0.1, 0.15) is 46.0 Å². The third-order valence-electron chi connectivity index (χ3n) is 4.13. The first-order chi connectivity index (χ1) is 11.9. The Hall–Kier alpha value is -2.76. The number of methoxy groups -OCH3 is 1. The molecule has 1 heterocycles. The van der Waals surface area contributed by atoms with Crippen molar-refractivity contribution in [2.75, 3.05) is 19.0 Å². The predicted molar refractivity (Wildman–Crippen MR) is 96.5 cm³/mol. The van der Waals surface area contributed by atoms with Crippen molar-refractivity contribution in [3.63, 3.8) is 0 Å². The van der Waals surface area contributed by atoms with Crippen LogP contribution in [-0.2, 0) is 11.3 Å². The molecule has 0 aliphatic heterocycles. The molecule has 1 N–H and O–H groups in total. The molecule has 0 saturated carbocycles.